The van der Waals surface area contributed by atoms with E-state index in [2.05, 4.69) is 238 Å². The van der Waals surface area contributed by atoms with Crippen LogP contribution in [0.5, 0.6) is 0 Å². The maximum Gasteiger partial charge on any atom is 0.160 e. The van der Waals surface area contributed by atoms with Crippen LogP contribution in [0.2, 0.25) is 0 Å². The minimum atomic E-state index is 0.707. The standard InChI is InChI=1S/C64H39N5S/c1-3-15-40(16-4-1)54-39-55(41-17-5-2-6-18-41)66-64(65-54)42-27-33-62-52(35-42)53-38-45(30-34-63(53)70-62)69-60-31-28-43(67-56-23-11-7-19-46(56)47-20-8-12-24-57(47)67)36-50(60)51-37-44(29-32-61(51)69)68-58-25-13-9-21-48(58)49-22-10-14-26-59(49)68/h1-39H. The molecule has 0 radical (unpaired) electrons. The zero-order valence-corrected chi connectivity index (χ0v) is 38.5. The zero-order chi connectivity index (χ0) is 45.9. The average molecular weight is 910 g/mol. The van der Waals surface area contributed by atoms with E-state index in [0.717, 1.165) is 56.2 Å². The summed E-state index contributed by atoms with van der Waals surface area (Å²) in [5.74, 6) is 0.707. The van der Waals surface area contributed by atoms with Gasteiger partial charge in [-0.05, 0) is 103 Å². The Labute approximate surface area is 406 Å². The maximum atomic E-state index is 5.20. The lowest BCUT2D eigenvalue weighted by Crippen LogP contribution is -1.96. The first-order chi connectivity index (χ1) is 34.7. The first-order valence-electron chi connectivity index (χ1n) is 23.7. The summed E-state index contributed by atoms with van der Waals surface area (Å²) in [5, 5.41) is 9.79. The second-order valence-electron chi connectivity index (χ2n) is 18.2. The van der Waals surface area contributed by atoms with Crippen molar-refractivity contribution in [2.45, 2.75) is 0 Å². The highest BCUT2D eigenvalue weighted by atomic mass is 32.1. The molecule has 0 saturated carbocycles. The predicted molar refractivity (Wildman–Crippen MR) is 294 cm³/mol. The Morgan fingerprint density at radius 3 is 1.07 bits per heavy atom. The fraction of sp³-hybridized carbons (Fsp3) is 0. The first kappa shape index (κ1) is 38.9. The second-order valence-corrected chi connectivity index (χ2v) is 19.2. The van der Waals surface area contributed by atoms with E-state index in [9.17, 15) is 0 Å². The highest BCUT2D eigenvalue weighted by Crippen LogP contribution is 2.42. The molecule has 0 amide bonds. The van der Waals surface area contributed by atoms with Crippen LogP contribution in [0.25, 0.3) is 137 Å². The van der Waals surface area contributed by atoms with Gasteiger partial charge in [-0.3, -0.25) is 0 Å². The van der Waals surface area contributed by atoms with Gasteiger partial charge in [0, 0.05) is 86.2 Å². The molecule has 6 heteroatoms. The van der Waals surface area contributed by atoms with E-state index >= 15 is 0 Å². The minimum absolute atomic E-state index is 0.707. The highest BCUT2D eigenvalue weighted by Gasteiger charge is 2.20. The molecule has 15 rings (SSSR count). The third-order valence-electron chi connectivity index (χ3n) is 14.2. The lowest BCUT2D eigenvalue weighted by Gasteiger charge is -2.11. The highest BCUT2D eigenvalue weighted by molar-refractivity contribution is 7.25. The Morgan fingerprint density at radius 2 is 0.614 bits per heavy atom. The van der Waals surface area contributed by atoms with E-state index in [1.807, 2.05) is 23.5 Å². The van der Waals surface area contributed by atoms with Crippen molar-refractivity contribution in [1.82, 2.24) is 23.7 Å². The van der Waals surface area contributed by atoms with Gasteiger partial charge in [-0.25, -0.2) is 9.97 Å². The van der Waals surface area contributed by atoms with E-state index in [1.165, 1.54) is 74.6 Å². The summed E-state index contributed by atoms with van der Waals surface area (Å²) in [6, 6.07) is 85.6. The summed E-state index contributed by atoms with van der Waals surface area (Å²) in [4.78, 5) is 10.4. The van der Waals surface area contributed by atoms with E-state index in [1.54, 1.807) is 0 Å². The molecule has 0 aliphatic heterocycles. The van der Waals surface area contributed by atoms with Gasteiger partial charge in [0.05, 0.1) is 44.5 Å². The van der Waals surface area contributed by atoms with Gasteiger partial charge in [0.25, 0.3) is 0 Å². The number of para-hydroxylation sites is 4. The van der Waals surface area contributed by atoms with Gasteiger partial charge in [-0.2, -0.15) is 0 Å². The van der Waals surface area contributed by atoms with Crippen LogP contribution in [0.4, 0.5) is 0 Å². The van der Waals surface area contributed by atoms with Crippen LogP contribution in [0.3, 0.4) is 0 Å². The number of rotatable bonds is 6. The molecule has 0 atom stereocenters. The van der Waals surface area contributed by atoms with Gasteiger partial charge in [0.2, 0.25) is 0 Å². The van der Waals surface area contributed by atoms with Crippen molar-refractivity contribution in [2.24, 2.45) is 0 Å². The van der Waals surface area contributed by atoms with Crippen LogP contribution in [-0.2, 0) is 0 Å². The summed E-state index contributed by atoms with van der Waals surface area (Å²) >= 11 is 1.83. The van der Waals surface area contributed by atoms with Crippen molar-refractivity contribution in [3.63, 3.8) is 0 Å². The van der Waals surface area contributed by atoms with E-state index < -0.39 is 0 Å². The zero-order valence-electron chi connectivity index (χ0n) is 37.7. The Morgan fingerprint density at radius 1 is 0.257 bits per heavy atom. The lowest BCUT2D eigenvalue weighted by molar-refractivity contribution is 1.16. The molecule has 0 aliphatic rings. The number of hydrogen-bond donors (Lipinski definition) is 0. The van der Waals surface area contributed by atoms with Crippen molar-refractivity contribution in [1.29, 1.82) is 0 Å². The Balaban J connectivity index is 0.949. The Hall–Kier alpha value is -9.10. The minimum Gasteiger partial charge on any atom is -0.309 e. The van der Waals surface area contributed by atoms with Crippen LogP contribution in [0.1, 0.15) is 0 Å². The number of nitrogens with zero attached hydrogens (tertiary/aromatic N) is 5. The molecular formula is C64H39N5S. The summed E-state index contributed by atoms with van der Waals surface area (Å²) in [5.41, 5.74) is 15.4. The van der Waals surface area contributed by atoms with Gasteiger partial charge in [-0.1, -0.05) is 133 Å². The SMILES string of the molecule is c1ccc(-c2cc(-c3ccccc3)nc(-c3ccc4sc5ccc(-n6c7ccc(-n8c9ccccc9c9ccccc98)cc7c7cc(-n8c9ccccc9c9ccccc98)ccc76)cc5c4c3)n2)cc1. The third-order valence-corrected chi connectivity index (χ3v) is 15.4. The molecule has 70 heavy (non-hydrogen) atoms. The van der Waals surface area contributed by atoms with E-state index in [0.29, 0.717) is 5.82 Å². The molecule has 0 N–H and O–H groups in total. The molecule has 326 valence electrons. The Kier molecular flexibility index (Phi) is 8.46. The van der Waals surface area contributed by atoms with E-state index in [-0.39, 0.29) is 0 Å². The summed E-state index contributed by atoms with van der Waals surface area (Å²) in [6.45, 7) is 0. The molecular weight excluding hydrogens is 871 g/mol. The molecule has 0 unspecified atom stereocenters. The number of fused-ring (bicyclic) bond motifs is 12. The smallest absolute Gasteiger partial charge is 0.160 e. The van der Waals surface area contributed by atoms with Crippen LogP contribution in [0, 0.1) is 0 Å². The van der Waals surface area contributed by atoms with Crippen molar-refractivity contribution < 1.29 is 0 Å². The first-order valence-corrected chi connectivity index (χ1v) is 24.5. The second kappa shape index (κ2) is 15.2. The lowest BCUT2D eigenvalue weighted by atomic mass is 10.1. The van der Waals surface area contributed by atoms with Crippen molar-refractivity contribution in [3.8, 4) is 51.0 Å². The van der Waals surface area contributed by atoms with Gasteiger partial charge < -0.3 is 13.7 Å². The van der Waals surface area contributed by atoms with Gasteiger partial charge in [0.15, 0.2) is 5.82 Å². The van der Waals surface area contributed by atoms with Crippen LogP contribution < -0.4 is 0 Å². The molecule has 5 aromatic heterocycles. The van der Waals surface area contributed by atoms with Gasteiger partial charge >= 0.3 is 0 Å². The molecule has 0 saturated heterocycles. The summed E-state index contributed by atoms with van der Waals surface area (Å²) < 4.78 is 9.78. The van der Waals surface area contributed by atoms with Gasteiger partial charge in [0.1, 0.15) is 0 Å². The summed E-state index contributed by atoms with van der Waals surface area (Å²) in [6.07, 6.45) is 0. The topological polar surface area (TPSA) is 40.6 Å². The normalized spacial score (nSPS) is 12.0. The summed E-state index contributed by atoms with van der Waals surface area (Å²) in [7, 11) is 0. The fourth-order valence-electron chi connectivity index (χ4n) is 11.1. The molecule has 10 aromatic carbocycles. The van der Waals surface area contributed by atoms with Crippen LogP contribution >= 0.6 is 11.3 Å². The van der Waals surface area contributed by atoms with Crippen molar-refractivity contribution in [3.05, 3.63) is 237 Å². The quantitative estimate of drug-likeness (QED) is 0.167. The molecule has 0 aliphatic carbocycles. The Bertz CT molecular complexity index is 4260. The van der Waals surface area contributed by atoms with Crippen molar-refractivity contribution >= 4 is 96.9 Å². The van der Waals surface area contributed by atoms with Crippen molar-refractivity contribution in [2.75, 3.05) is 0 Å². The molecule has 0 spiro atoms. The fourth-order valence-corrected chi connectivity index (χ4v) is 12.2. The average Bonchev–Trinajstić information content (AvgIpc) is 4.17. The van der Waals surface area contributed by atoms with Gasteiger partial charge in [-0.15, -0.1) is 11.3 Å². The number of benzene rings is 10. The monoisotopic (exact) mass is 909 g/mol. The van der Waals surface area contributed by atoms with E-state index in [4.69, 9.17) is 9.97 Å². The molecule has 5 nitrogen and oxygen atoms in total. The largest absolute Gasteiger partial charge is 0.309 e. The third kappa shape index (κ3) is 5.90. The predicted octanol–water partition coefficient (Wildman–Crippen LogP) is 17.1. The molecule has 5 heterocycles. The molecule has 15 aromatic rings. The maximum absolute atomic E-state index is 5.20. The number of thiophene rings is 1. The number of aromatic nitrogens is 5. The van der Waals surface area contributed by atoms with Crippen LogP contribution in [-0.4, -0.2) is 23.7 Å². The molecule has 0 bridgehead atoms. The molecule has 0 fully saturated rings. The van der Waals surface area contributed by atoms with Crippen LogP contribution in [0.15, 0.2) is 237 Å². The number of hydrogen-bond acceptors (Lipinski definition) is 3.